The van der Waals surface area contributed by atoms with Crippen LogP contribution in [-0.4, -0.2) is 0 Å². The van der Waals surface area contributed by atoms with Crippen LogP contribution in [0.5, 0.6) is 0 Å². The predicted octanol–water partition coefficient (Wildman–Crippen LogP) is 14.5. The first-order valence-electron chi connectivity index (χ1n) is 17.4. The van der Waals surface area contributed by atoms with Crippen LogP contribution in [0.15, 0.2) is 163 Å². The molecule has 0 saturated carbocycles. The number of fused-ring (bicyclic) bond motifs is 2. The van der Waals surface area contributed by atoms with Crippen LogP contribution in [0.1, 0.15) is 96.0 Å². The third kappa shape index (κ3) is 11.6. The summed E-state index contributed by atoms with van der Waals surface area (Å²) in [6.45, 7) is 26.8. The highest BCUT2D eigenvalue weighted by Crippen LogP contribution is 2.39. The van der Waals surface area contributed by atoms with Crippen LogP contribution in [-0.2, 0) is 6.42 Å². The largest absolute Gasteiger partial charge is 0.106 e. The van der Waals surface area contributed by atoms with Gasteiger partial charge in [0.2, 0.25) is 0 Å². The fourth-order valence-corrected chi connectivity index (χ4v) is 5.37. The van der Waals surface area contributed by atoms with Gasteiger partial charge in [0, 0.05) is 0 Å². The molecule has 0 unspecified atom stereocenters. The van der Waals surface area contributed by atoms with E-state index in [1.165, 1.54) is 50.1 Å². The van der Waals surface area contributed by atoms with E-state index in [9.17, 15) is 0 Å². The summed E-state index contributed by atoms with van der Waals surface area (Å²) in [5.41, 5.74) is 13.4. The van der Waals surface area contributed by atoms with Crippen LogP contribution in [0, 0.1) is 0 Å². The Morgan fingerprint density at radius 3 is 2.11 bits per heavy atom. The molecular weight excluding hydrogens is 565 g/mol. The summed E-state index contributed by atoms with van der Waals surface area (Å²) in [5.74, 6) is 0. The molecule has 3 aliphatic carbocycles. The van der Waals surface area contributed by atoms with Crippen molar-refractivity contribution in [2.75, 3.05) is 0 Å². The lowest BCUT2D eigenvalue weighted by molar-refractivity contribution is 0.977. The summed E-state index contributed by atoms with van der Waals surface area (Å²) < 4.78 is 0. The topological polar surface area (TPSA) is 0 Å². The normalized spacial score (nSPS) is 22.6. The molecule has 0 spiro atoms. The molecule has 0 atom stereocenters. The molecule has 0 bridgehead atoms. The molecule has 2 aromatic carbocycles. The molecule has 0 saturated heterocycles. The highest BCUT2D eigenvalue weighted by Gasteiger charge is 2.19. The van der Waals surface area contributed by atoms with Crippen molar-refractivity contribution in [1.82, 2.24) is 0 Å². The minimum atomic E-state index is 0.990. The third-order valence-corrected chi connectivity index (χ3v) is 7.37. The third-order valence-electron chi connectivity index (χ3n) is 7.37. The Hall–Kier alpha value is -4.68. The van der Waals surface area contributed by atoms with Crippen molar-refractivity contribution in [3.8, 4) is 0 Å². The summed E-state index contributed by atoms with van der Waals surface area (Å²) in [6.07, 6.45) is 36.1. The Bertz CT molecular complexity index is 1590. The average Bonchev–Trinajstić information content (AvgIpc) is 3.61. The zero-order valence-corrected chi connectivity index (χ0v) is 30.4. The van der Waals surface area contributed by atoms with Gasteiger partial charge in [0.25, 0.3) is 0 Å². The number of benzene rings is 2. The zero-order chi connectivity index (χ0) is 35.0. The van der Waals surface area contributed by atoms with E-state index in [0.29, 0.717) is 0 Å². The molecule has 5 rings (SSSR count). The van der Waals surface area contributed by atoms with Gasteiger partial charge in [-0.3, -0.25) is 0 Å². The second kappa shape index (κ2) is 23.6. The molecule has 246 valence electrons. The van der Waals surface area contributed by atoms with E-state index in [-0.39, 0.29) is 0 Å². The van der Waals surface area contributed by atoms with Gasteiger partial charge in [-0.25, -0.2) is 0 Å². The van der Waals surface area contributed by atoms with E-state index in [1.807, 2.05) is 41.5 Å². The second-order valence-electron chi connectivity index (χ2n) is 10.2. The summed E-state index contributed by atoms with van der Waals surface area (Å²) in [4.78, 5) is 0. The van der Waals surface area contributed by atoms with Crippen molar-refractivity contribution >= 4 is 23.3 Å². The molecule has 0 N–H and O–H groups in total. The predicted molar refractivity (Wildman–Crippen MR) is 217 cm³/mol. The molecule has 3 aliphatic rings. The van der Waals surface area contributed by atoms with Crippen molar-refractivity contribution < 1.29 is 0 Å². The zero-order valence-electron chi connectivity index (χ0n) is 30.4. The quantitative estimate of drug-likeness (QED) is 0.299. The maximum Gasteiger partial charge on any atom is -0.00326 e. The molecule has 0 amide bonds. The van der Waals surface area contributed by atoms with Crippen LogP contribution in [0.4, 0.5) is 0 Å². The minimum Gasteiger partial charge on any atom is -0.106 e. The molecule has 0 nitrogen and oxygen atoms in total. The van der Waals surface area contributed by atoms with E-state index in [2.05, 4.69) is 167 Å². The van der Waals surface area contributed by atoms with Gasteiger partial charge in [-0.1, -0.05) is 181 Å². The van der Waals surface area contributed by atoms with E-state index in [4.69, 9.17) is 0 Å². The SMILES string of the molecule is C=C.C=C1/C=C\C=C/C(c2ccc3c(c2)C=CC3)=C2/C=C\CC\C(C)=C/C=C/C=C/C2=C/1c1ccccc1/C=C\C.CC.CC.CC. The van der Waals surface area contributed by atoms with Crippen LogP contribution in [0.2, 0.25) is 0 Å². The molecular formula is C47H58. The molecule has 0 radical (unpaired) electrons. The molecule has 0 heteroatoms. The van der Waals surface area contributed by atoms with E-state index in [0.717, 1.165) is 30.4 Å². The van der Waals surface area contributed by atoms with Crippen LogP contribution in [0.3, 0.4) is 0 Å². The van der Waals surface area contributed by atoms with Gasteiger partial charge in [0.05, 0.1) is 0 Å². The Kier molecular flexibility index (Phi) is 20.3. The Morgan fingerprint density at radius 1 is 0.681 bits per heavy atom. The summed E-state index contributed by atoms with van der Waals surface area (Å²) in [7, 11) is 0. The maximum atomic E-state index is 4.57. The Morgan fingerprint density at radius 2 is 1.36 bits per heavy atom. The van der Waals surface area contributed by atoms with Gasteiger partial charge >= 0.3 is 0 Å². The number of allylic oxidation sites excluding steroid dienone is 19. The van der Waals surface area contributed by atoms with Crippen LogP contribution < -0.4 is 0 Å². The number of hydrogen-bond donors (Lipinski definition) is 0. The summed E-state index contributed by atoms with van der Waals surface area (Å²) in [5, 5.41) is 0. The van der Waals surface area contributed by atoms with Gasteiger partial charge in [0.15, 0.2) is 0 Å². The van der Waals surface area contributed by atoms with Crippen molar-refractivity contribution in [1.29, 1.82) is 0 Å². The molecule has 0 heterocycles. The lowest BCUT2D eigenvalue weighted by atomic mass is 9.84. The van der Waals surface area contributed by atoms with Crippen molar-refractivity contribution in [3.05, 3.63) is 191 Å². The molecule has 2 aromatic rings. The molecule has 0 aromatic heterocycles. The standard InChI is InChI=1S/C39H36.3C2H6.C2H4/c1-4-15-32-19-10-13-23-36(32)39-30(3)18-9-12-22-35(34-27-26-31-20-14-21-33(31)28-34)37-24-11-8-17-29(2)16-6-5-7-25-38(37)39;4*1-2/h4-7,9-16,18-19,21-28H,3,8,17,20H2,1-2H3;3*1-2H3;1-2H2/b6-5+,15-4-,18-9-,22-12-,24-11-,25-7+,29-16-,37-35+,39-38+;;;;. The van der Waals surface area contributed by atoms with Gasteiger partial charge in [0.1, 0.15) is 0 Å². The van der Waals surface area contributed by atoms with Gasteiger partial charge in [-0.2, -0.15) is 0 Å². The highest BCUT2D eigenvalue weighted by atomic mass is 14.2. The Labute approximate surface area is 288 Å². The van der Waals surface area contributed by atoms with Crippen molar-refractivity contribution in [2.45, 2.75) is 74.7 Å². The monoisotopic (exact) mass is 622 g/mol. The van der Waals surface area contributed by atoms with Gasteiger partial charge < -0.3 is 0 Å². The van der Waals surface area contributed by atoms with E-state index < -0.39 is 0 Å². The summed E-state index contributed by atoms with van der Waals surface area (Å²) >= 11 is 0. The summed E-state index contributed by atoms with van der Waals surface area (Å²) in [6, 6.07) is 15.5. The lowest BCUT2D eigenvalue weighted by Crippen LogP contribution is -2.00. The van der Waals surface area contributed by atoms with Crippen LogP contribution in [0.25, 0.3) is 23.3 Å². The van der Waals surface area contributed by atoms with Crippen molar-refractivity contribution in [2.24, 2.45) is 0 Å². The van der Waals surface area contributed by atoms with Crippen LogP contribution >= 0.6 is 0 Å². The number of hydrogen-bond acceptors (Lipinski definition) is 0. The maximum absolute atomic E-state index is 4.57. The average molecular weight is 623 g/mol. The van der Waals surface area contributed by atoms with Crippen molar-refractivity contribution in [3.63, 3.8) is 0 Å². The minimum absolute atomic E-state index is 0.990. The van der Waals surface area contributed by atoms with Gasteiger partial charge in [-0.05, 0) is 94.9 Å². The first-order chi connectivity index (χ1) is 23.2. The van der Waals surface area contributed by atoms with E-state index >= 15 is 0 Å². The molecule has 0 fully saturated rings. The first-order valence-corrected chi connectivity index (χ1v) is 17.4. The highest BCUT2D eigenvalue weighted by molar-refractivity contribution is 5.96. The second-order valence-corrected chi connectivity index (χ2v) is 10.2. The molecule has 0 aliphatic heterocycles. The fourth-order valence-electron chi connectivity index (χ4n) is 5.37. The van der Waals surface area contributed by atoms with E-state index in [1.54, 1.807) is 0 Å². The number of rotatable bonds is 3. The fraction of sp³-hybridized carbons (Fsp3) is 0.234. The lowest BCUT2D eigenvalue weighted by Gasteiger charge is -2.20. The molecule has 47 heavy (non-hydrogen) atoms. The Balaban J connectivity index is 0.00000128. The first kappa shape index (κ1) is 40.3. The smallest absolute Gasteiger partial charge is 0.00326 e. The van der Waals surface area contributed by atoms with Gasteiger partial charge in [-0.15, -0.1) is 13.2 Å².